The van der Waals surface area contributed by atoms with Crippen LogP contribution in [0.3, 0.4) is 0 Å². The molecular formula is C16H19Cl3N2O3. The van der Waals surface area contributed by atoms with Gasteiger partial charge in [0, 0.05) is 12.2 Å². The zero-order chi connectivity index (χ0) is 17.5. The molecule has 1 aliphatic carbocycles. The number of halogens is 3. The zero-order valence-corrected chi connectivity index (χ0v) is 15.4. The highest BCUT2D eigenvalue weighted by Crippen LogP contribution is 2.31. The third kappa shape index (κ3) is 5.50. The molecule has 0 bridgehead atoms. The van der Waals surface area contributed by atoms with E-state index in [1.807, 2.05) is 0 Å². The molecule has 2 rings (SSSR count). The molecule has 1 aliphatic rings. The van der Waals surface area contributed by atoms with Crippen LogP contribution in [0.1, 0.15) is 55.4 Å². The van der Waals surface area contributed by atoms with Gasteiger partial charge in [-0.1, -0.05) is 66.9 Å². The normalized spacial score (nSPS) is 16.1. The van der Waals surface area contributed by atoms with E-state index in [1.54, 1.807) is 0 Å². The van der Waals surface area contributed by atoms with Gasteiger partial charge in [-0.25, -0.2) is 9.78 Å². The lowest BCUT2D eigenvalue weighted by molar-refractivity contribution is -0.125. The summed E-state index contributed by atoms with van der Waals surface area (Å²) in [7, 11) is 0. The Balaban J connectivity index is 1.84. The van der Waals surface area contributed by atoms with Crippen LogP contribution < -0.4 is 5.32 Å². The highest BCUT2D eigenvalue weighted by atomic mass is 35.5. The van der Waals surface area contributed by atoms with Gasteiger partial charge in [0.25, 0.3) is 5.91 Å². The summed E-state index contributed by atoms with van der Waals surface area (Å²) in [5, 5.41) is 2.99. The first-order valence-electron chi connectivity index (χ1n) is 7.95. The van der Waals surface area contributed by atoms with E-state index in [2.05, 4.69) is 10.3 Å². The van der Waals surface area contributed by atoms with Gasteiger partial charge in [-0.15, -0.1) is 0 Å². The van der Waals surface area contributed by atoms with Crippen molar-refractivity contribution in [2.45, 2.75) is 51.0 Å². The van der Waals surface area contributed by atoms with E-state index < -0.39 is 5.97 Å². The number of ether oxygens (including phenoxy) is 1. The van der Waals surface area contributed by atoms with Crippen LogP contribution in [0.4, 0.5) is 0 Å². The van der Waals surface area contributed by atoms with Gasteiger partial charge >= 0.3 is 5.97 Å². The van der Waals surface area contributed by atoms with Crippen LogP contribution in [0.2, 0.25) is 15.1 Å². The number of aromatic nitrogens is 1. The first kappa shape index (κ1) is 19.3. The van der Waals surface area contributed by atoms with Crippen LogP contribution in [0.15, 0.2) is 6.20 Å². The first-order valence-corrected chi connectivity index (χ1v) is 9.08. The second-order valence-corrected chi connectivity index (χ2v) is 6.93. The van der Waals surface area contributed by atoms with Gasteiger partial charge in [0.2, 0.25) is 0 Å². The lowest BCUT2D eigenvalue weighted by Crippen LogP contribution is -2.38. The van der Waals surface area contributed by atoms with Crippen LogP contribution in [-0.4, -0.2) is 29.5 Å². The van der Waals surface area contributed by atoms with Gasteiger partial charge in [0.15, 0.2) is 12.3 Å². The molecule has 1 amide bonds. The van der Waals surface area contributed by atoms with Crippen LogP contribution in [0.25, 0.3) is 0 Å². The summed E-state index contributed by atoms with van der Waals surface area (Å²) in [4.78, 5) is 27.7. The fourth-order valence-electron chi connectivity index (χ4n) is 2.65. The van der Waals surface area contributed by atoms with Crippen molar-refractivity contribution in [2.75, 3.05) is 6.61 Å². The Bertz CT molecular complexity index is 602. The molecule has 0 saturated heterocycles. The number of esters is 1. The van der Waals surface area contributed by atoms with Crippen molar-refractivity contribution in [3.05, 3.63) is 27.0 Å². The maximum Gasteiger partial charge on any atom is 0.359 e. The third-order valence-electron chi connectivity index (χ3n) is 3.92. The molecule has 1 aromatic rings. The molecule has 1 fully saturated rings. The van der Waals surface area contributed by atoms with Gasteiger partial charge in [-0.3, -0.25) is 4.79 Å². The molecule has 0 aliphatic heterocycles. The smallest absolute Gasteiger partial charge is 0.359 e. The average molecular weight is 394 g/mol. The van der Waals surface area contributed by atoms with Crippen molar-refractivity contribution in [1.82, 2.24) is 10.3 Å². The van der Waals surface area contributed by atoms with Crippen LogP contribution in [0.5, 0.6) is 0 Å². The molecule has 132 valence electrons. The van der Waals surface area contributed by atoms with Crippen molar-refractivity contribution in [3.8, 4) is 0 Å². The minimum absolute atomic E-state index is 0.0271. The molecule has 0 unspecified atom stereocenters. The predicted octanol–water partition coefficient (Wildman–Crippen LogP) is 4.43. The highest BCUT2D eigenvalue weighted by molar-refractivity contribution is 6.48. The second kappa shape index (κ2) is 9.44. The van der Waals surface area contributed by atoms with Gasteiger partial charge in [0.05, 0.1) is 15.1 Å². The SMILES string of the molecule is O=C(COC(=O)c1ncc(Cl)c(Cl)c1Cl)NC1CCCCCCC1. The summed E-state index contributed by atoms with van der Waals surface area (Å²) in [6, 6.07) is 0.142. The second-order valence-electron chi connectivity index (χ2n) is 5.77. The van der Waals surface area contributed by atoms with Gasteiger partial charge in [-0.05, 0) is 12.8 Å². The Kier molecular flexibility index (Phi) is 7.59. The highest BCUT2D eigenvalue weighted by Gasteiger charge is 2.20. The molecule has 8 heteroatoms. The Morgan fingerprint density at radius 1 is 1.08 bits per heavy atom. The molecule has 1 N–H and O–H groups in total. The van der Waals surface area contributed by atoms with Crippen molar-refractivity contribution in [1.29, 1.82) is 0 Å². The largest absolute Gasteiger partial charge is 0.451 e. The number of hydrogen-bond donors (Lipinski definition) is 1. The van der Waals surface area contributed by atoms with E-state index in [0.29, 0.717) is 0 Å². The van der Waals surface area contributed by atoms with E-state index >= 15 is 0 Å². The summed E-state index contributed by atoms with van der Waals surface area (Å²) in [5.41, 5.74) is -0.162. The van der Waals surface area contributed by atoms with Crippen molar-refractivity contribution < 1.29 is 14.3 Å². The van der Waals surface area contributed by atoms with Crippen LogP contribution in [0, 0.1) is 0 Å². The number of amides is 1. The molecule has 1 heterocycles. The number of carbonyl (C=O) groups excluding carboxylic acids is 2. The molecule has 1 aromatic heterocycles. The number of pyridine rings is 1. The van der Waals surface area contributed by atoms with Gasteiger partial charge < -0.3 is 10.1 Å². The number of nitrogens with zero attached hydrogens (tertiary/aromatic N) is 1. The third-order valence-corrected chi connectivity index (χ3v) is 5.16. The van der Waals surface area contributed by atoms with Crippen LogP contribution >= 0.6 is 34.8 Å². The lowest BCUT2D eigenvalue weighted by Gasteiger charge is -2.20. The zero-order valence-electron chi connectivity index (χ0n) is 13.1. The van der Waals surface area contributed by atoms with E-state index in [1.165, 1.54) is 25.5 Å². The Morgan fingerprint density at radius 3 is 2.38 bits per heavy atom. The van der Waals surface area contributed by atoms with Crippen molar-refractivity contribution in [2.24, 2.45) is 0 Å². The molecule has 0 aromatic carbocycles. The van der Waals surface area contributed by atoms with Gasteiger partial charge in [0.1, 0.15) is 0 Å². The maximum atomic E-state index is 12.0. The monoisotopic (exact) mass is 392 g/mol. The molecule has 1 saturated carbocycles. The van der Waals surface area contributed by atoms with E-state index in [4.69, 9.17) is 39.5 Å². The number of carbonyl (C=O) groups is 2. The Labute approximate surface area is 156 Å². The topological polar surface area (TPSA) is 68.3 Å². The summed E-state index contributed by atoms with van der Waals surface area (Å²) in [6.07, 6.45) is 8.99. The van der Waals surface area contributed by atoms with E-state index in [-0.39, 0.29) is 39.3 Å². The minimum atomic E-state index is -0.814. The lowest BCUT2D eigenvalue weighted by atomic mass is 9.97. The molecule has 5 nitrogen and oxygen atoms in total. The van der Waals surface area contributed by atoms with E-state index in [9.17, 15) is 9.59 Å². The standard InChI is InChI=1S/C16H19Cl3N2O3/c17-11-8-20-15(14(19)13(11)18)16(23)24-9-12(22)21-10-6-4-2-1-3-5-7-10/h8,10H,1-7,9H2,(H,21,22). The first-order chi connectivity index (χ1) is 11.5. The quantitative estimate of drug-likeness (QED) is 0.768. The molecule has 24 heavy (non-hydrogen) atoms. The van der Waals surface area contributed by atoms with Crippen molar-refractivity contribution >= 4 is 46.7 Å². The minimum Gasteiger partial charge on any atom is -0.451 e. The summed E-state index contributed by atoms with van der Waals surface area (Å²) in [6.45, 7) is -0.381. The molecular weight excluding hydrogens is 375 g/mol. The maximum absolute atomic E-state index is 12.0. The summed E-state index contributed by atoms with van der Waals surface area (Å²) < 4.78 is 4.96. The van der Waals surface area contributed by atoms with E-state index in [0.717, 1.165) is 25.7 Å². The average Bonchev–Trinajstić information content (AvgIpc) is 2.53. The van der Waals surface area contributed by atoms with Gasteiger partial charge in [-0.2, -0.15) is 0 Å². The number of hydrogen-bond acceptors (Lipinski definition) is 4. The molecule has 0 spiro atoms. The Morgan fingerprint density at radius 2 is 1.71 bits per heavy atom. The summed E-state index contributed by atoms with van der Waals surface area (Å²) >= 11 is 17.5. The van der Waals surface area contributed by atoms with Crippen LogP contribution in [-0.2, 0) is 9.53 Å². The number of nitrogens with one attached hydrogen (secondary N) is 1. The number of rotatable bonds is 4. The summed E-state index contributed by atoms with van der Waals surface area (Å²) in [5.74, 6) is -1.14. The fraction of sp³-hybridized carbons (Fsp3) is 0.562. The molecule has 0 atom stereocenters. The predicted molar refractivity (Wildman–Crippen MR) is 93.8 cm³/mol. The van der Waals surface area contributed by atoms with Crippen molar-refractivity contribution in [3.63, 3.8) is 0 Å². The molecule has 0 radical (unpaired) electrons. The Hall–Kier alpha value is -1.04. The fourth-order valence-corrected chi connectivity index (χ4v) is 3.21.